The molecule has 3 rings (SSSR count). The molecule has 0 atom stereocenters. The number of hydrogen-bond donors (Lipinski definition) is 1. The van der Waals surface area contributed by atoms with Gasteiger partial charge in [0.05, 0.1) is 15.8 Å². The van der Waals surface area contributed by atoms with Gasteiger partial charge < -0.3 is 9.52 Å². The van der Waals surface area contributed by atoms with Crippen LogP contribution in [0.2, 0.25) is 0 Å². The summed E-state index contributed by atoms with van der Waals surface area (Å²) in [6.45, 7) is 1.63. The highest BCUT2D eigenvalue weighted by atomic mass is 32.2. The number of rotatable bonds is 3. The van der Waals surface area contributed by atoms with Crippen molar-refractivity contribution < 1.29 is 9.52 Å². The van der Waals surface area contributed by atoms with E-state index >= 15 is 0 Å². The van der Waals surface area contributed by atoms with Crippen LogP contribution in [0, 0.1) is 6.92 Å². The van der Waals surface area contributed by atoms with Crippen molar-refractivity contribution in [1.29, 1.82) is 0 Å². The Morgan fingerprint density at radius 1 is 1.40 bits per heavy atom. The molecular weight excluding hydrogens is 294 g/mol. The van der Waals surface area contributed by atoms with Gasteiger partial charge in [-0.3, -0.25) is 0 Å². The fraction of sp³-hybridized carbons (Fsp3) is 0.143. The summed E-state index contributed by atoms with van der Waals surface area (Å²) in [5.41, 5.74) is 0.733. The first-order chi connectivity index (χ1) is 9.63. The van der Waals surface area contributed by atoms with Gasteiger partial charge in [0, 0.05) is 11.8 Å². The minimum atomic E-state index is -0.490. The fourth-order valence-electron chi connectivity index (χ4n) is 1.80. The average molecular weight is 305 g/mol. The molecule has 4 nitrogen and oxygen atoms in total. The molecule has 6 heteroatoms. The van der Waals surface area contributed by atoms with E-state index in [1.807, 2.05) is 24.3 Å². The van der Waals surface area contributed by atoms with Gasteiger partial charge in [0.25, 0.3) is 0 Å². The lowest BCUT2D eigenvalue weighted by atomic mass is 10.3. The number of aromatic hydroxyl groups is 1. The lowest BCUT2D eigenvalue weighted by molar-refractivity contribution is 0.426. The predicted octanol–water partition coefficient (Wildman–Crippen LogP) is 3.56. The van der Waals surface area contributed by atoms with Crippen LogP contribution < -0.4 is 5.63 Å². The topological polar surface area (TPSA) is 63.3 Å². The molecule has 0 saturated heterocycles. The molecule has 2 heterocycles. The van der Waals surface area contributed by atoms with Crippen LogP contribution >= 0.6 is 23.1 Å². The molecule has 0 fully saturated rings. The Labute approximate surface area is 123 Å². The van der Waals surface area contributed by atoms with Crippen molar-refractivity contribution in [2.24, 2.45) is 0 Å². The Morgan fingerprint density at radius 3 is 2.95 bits per heavy atom. The summed E-state index contributed by atoms with van der Waals surface area (Å²) in [6.07, 6.45) is 0. The lowest BCUT2D eigenvalue weighted by Gasteiger charge is -2.01. The standard InChI is InChI=1S/C14H11NO3S2/c1-8-6-11(16)9(13(17)18-8)7-19-14-15-10-4-2-3-5-12(10)20-14/h2-6,16H,7H2,1H3. The summed E-state index contributed by atoms with van der Waals surface area (Å²) in [5.74, 6) is 0.724. The van der Waals surface area contributed by atoms with Crippen LogP contribution in [-0.4, -0.2) is 10.1 Å². The highest BCUT2D eigenvalue weighted by Gasteiger charge is 2.12. The Hall–Kier alpha value is -1.79. The second-order valence-corrected chi connectivity index (χ2v) is 6.50. The molecule has 0 unspecified atom stereocenters. The van der Waals surface area contributed by atoms with E-state index in [0.29, 0.717) is 11.5 Å². The molecule has 1 aromatic carbocycles. The van der Waals surface area contributed by atoms with E-state index in [1.54, 1.807) is 18.3 Å². The Kier molecular flexibility index (Phi) is 3.50. The molecule has 20 heavy (non-hydrogen) atoms. The molecular formula is C14H11NO3S2. The van der Waals surface area contributed by atoms with Crippen molar-refractivity contribution in [3.8, 4) is 5.75 Å². The smallest absolute Gasteiger partial charge is 0.343 e. The molecule has 0 radical (unpaired) electrons. The highest BCUT2D eigenvalue weighted by Crippen LogP contribution is 2.32. The van der Waals surface area contributed by atoms with E-state index in [2.05, 4.69) is 4.98 Å². The van der Waals surface area contributed by atoms with Gasteiger partial charge in [-0.15, -0.1) is 11.3 Å². The predicted molar refractivity (Wildman–Crippen MR) is 80.6 cm³/mol. The monoisotopic (exact) mass is 305 g/mol. The Bertz CT molecular complexity index is 790. The number of thiazole rings is 1. The van der Waals surface area contributed by atoms with Crippen molar-refractivity contribution in [1.82, 2.24) is 4.98 Å². The van der Waals surface area contributed by atoms with E-state index < -0.39 is 5.63 Å². The maximum Gasteiger partial charge on any atom is 0.343 e. The highest BCUT2D eigenvalue weighted by molar-refractivity contribution is 8.00. The molecule has 0 spiro atoms. The minimum Gasteiger partial charge on any atom is -0.507 e. The summed E-state index contributed by atoms with van der Waals surface area (Å²) in [7, 11) is 0. The van der Waals surface area contributed by atoms with E-state index in [0.717, 1.165) is 14.6 Å². The minimum absolute atomic E-state index is 0.0210. The van der Waals surface area contributed by atoms with Crippen LogP contribution in [0.15, 0.2) is 43.9 Å². The molecule has 0 aliphatic heterocycles. The van der Waals surface area contributed by atoms with E-state index in [4.69, 9.17) is 4.42 Å². The molecule has 2 aromatic heterocycles. The molecule has 3 aromatic rings. The van der Waals surface area contributed by atoms with Crippen molar-refractivity contribution in [3.63, 3.8) is 0 Å². The first kappa shape index (κ1) is 13.2. The molecule has 0 bridgehead atoms. The van der Waals surface area contributed by atoms with E-state index in [1.165, 1.54) is 17.8 Å². The number of benzene rings is 1. The summed E-state index contributed by atoms with van der Waals surface area (Å²) in [6, 6.07) is 9.32. The van der Waals surface area contributed by atoms with Crippen LogP contribution in [0.25, 0.3) is 10.2 Å². The summed E-state index contributed by atoms with van der Waals surface area (Å²) >= 11 is 2.99. The number of thioether (sulfide) groups is 1. The third-order valence-corrected chi connectivity index (χ3v) is 4.97. The van der Waals surface area contributed by atoms with Crippen LogP contribution in [0.3, 0.4) is 0 Å². The molecule has 0 aliphatic rings. The van der Waals surface area contributed by atoms with Crippen LogP contribution in [0.1, 0.15) is 11.3 Å². The van der Waals surface area contributed by atoms with Crippen molar-refractivity contribution in [3.05, 3.63) is 52.1 Å². The average Bonchev–Trinajstić information content (AvgIpc) is 2.80. The third-order valence-electron chi connectivity index (χ3n) is 2.76. The van der Waals surface area contributed by atoms with Crippen molar-refractivity contribution in [2.75, 3.05) is 0 Å². The SMILES string of the molecule is Cc1cc(O)c(CSc2nc3ccccc3s2)c(=O)o1. The number of hydrogen-bond acceptors (Lipinski definition) is 6. The zero-order chi connectivity index (χ0) is 14.1. The van der Waals surface area contributed by atoms with Gasteiger partial charge in [0.1, 0.15) is 11.5 Å². The van der Waals surface area contributed by atoms with Gasteiger partial charge >= 0.3 is 5.63 Å². The van der Waals surface area contributed by atoms with Crippen molar-refractivity contribution >= 4 is 33.3 Å². The zero-order valence-corrected chi connectivity index (χ0v) is 12.3. The third kappa shape index (κ3) is 2.57. The molecule has 0 saturated carbocycles. The largest absolute Gasteiger partial charge is 0.507 e. The number of aromatic nitrogens is 1. The second-order valence-electron chi connectivity index (χ2n) is 4.24. The lowest BCUT2D eigenvalue weighted by Crippen LogP contribution is -2.06. The quantitative estimate of drug-likeness (QED) is 0.750. The Morgan fingerprint density at radius 2 is 2.20 bits per heavy atom. The van der Waals surface area contributed by atoms with Crippen LogP contribution in [0.4, 0.5) is 0 Å². The van der Waals surface area contributed by atoms with E-state index in [9.17, 15) is 9.90 Å². The zero-order valence-electron chi connectivity index (χ0n) is 10.6. The first-order valence-corrected chi connectivity index (χ1v) is 7.74. The van der Waals surface area contributed by atoms with Crippen LogP contribution in [-0.2, 0) is 5.75 Å². The normalized spacial score (nSPS) is 11.1. The second kappa shape index (κ2) is 5.30. The summed E-state index contributed by atoms with van der Waals surface area (Å²) < 4.78 is 6.96. The summed E-state index contributed by atoms with van der Waals surface area (Å²) in [5, 5.41) is 9.80. The maximum atomic E-state index is 11.7. The molecule has 0 aliphatic carbocycles. The van der Waals surface area contributed by atoms with Gasteiger partial charge in [-0.25, -0.2) is 9.78 Å². The Balaban J connectivity index is 1.84. The van der Waals surface area contributed by atoms with Gasteiger partial charge in [-0.05, 0) is 19.1 Å². The number of fused-ring (bicyclic) bond motifs is 1. The first-order valence-electron chi connectivity index (χ1n) is 5.94. The van der Waals surface area contributed by atoms with Crippen LogP contribution in [0.5, 0.6) is 5.75 Å². The number of nitrogens with zero attached hydrogens (tertiary/aromatic N) is 1. The van der Waals surface area contributed by atoms with Gasteiger partial charge in [-0.2, -0.15) is 0 Å². The number of aryl methyl sites for hydroxylation is 1. The maximum absolute atomic E-state index is 11.7. The van der Waals surface area contributed by atoms with Gasteiger partial charge in [-0.1, -0.05) is 23.9 Å². The van der Waals surface area contributed by atoms with Gasteiger partial charge in [0.15, 0.2) is 4.34 Å². The molecule has 102 valence electrons. The van der Waals surface area contributed by atoms with Gasteiger partial charge in [0.2, 0.25) is 0 Å². The fourth-order valence-corrected chi connectivity index (χ4v) is 3.88. The summed E-state index contributed by atoms with van der Waals surface area (Å²) in [4.78, 5) is 16.2. The number of para-hydroxylation sites is 1. The molecule has 1 N–H and O–H groups in total. The van der Waals surface area contributed by atoms with Crippen molar-refractivity contribution in [2.45, 2.75) is 17.0 Å². The molecule has 0 amide bonds. The van der Waals surface area contributed by atoms with E-state index in [-0.39, 0.29) is 11.3 Å².